The Balaban J connectivity index is 2.22. The van der Waals surface area contributed by atoms with Crippen LogP contribution in [0.1, 0.15) is 30.7 Å². The summed E-state index contributed by atoms with van der Waals surface area (Å²) in [6, 6.07) is 8.80. The summed E-state index contributed by atoms with van der Waals surface area (Å²) < 4.78 is 5.99. The van der Waals surface area contributed by atoms with Crippen LogP contribution in [0, 0.1) is 6.92 Å². The third kappa shape index (κ3) is 3.58. The molecule has 0 aliphatic carbocycles. The van der Waals surface area contributed by atoms with E-state index in [4.69, 9.17) is 4.42 Å². The molecule has 104 valence electrons. The Morgan fingerprint density at radius 2 is 2.05 bits per heavy atom. The molecule has 0 aliphatic heterocycles. The smallest absolute Gasteiger partial charge is 0.134 e. The first kappa shape index (κ1) is 14.1. The van der Waals surface area contributed by atoms with Crippen LogP contribution in [0.2, 0.25) is 0 Å². The molecule has 0 saturated carbocycles. The first-order valence-electron chi connectivity index (χ1n) is 6.98. The predicted molar refractivity (Wildman–Crippen MR) is 80.5 cm³/mol. The molecular formula is C16H24N2O. The minimum atomic E-state index is 0.292. The minimum Gasteiger partial charge on any atom is -0.459 e. The van der Waals surface area contributed by atoms with Crippen molar-refractivity contribution >= 4 is 11.0 Å². The Kier molecular flexibility index (Phi) is 4.61. The maximum atomic E-state index is 5.99. The summed E-state index contributed by atoms with van der Waals surface area (Å²) in [5.41, 5.74) is 2.25. The molecule has 0 fully saturated rings. The SMILES string of the molecule is CCNC(CCN(C)C)c1cc2cc(C)ccc2o1. The molecule has 0 radical (unpaired) electrons. The molecule has 0 aliphatic rings. The quantitative estimate of drug-likeness (QED) is 0.863. The maximum absolute atomic E-state index is 5.99. The number of fused-ring (bicyclic) bond motifs is 1. The van der Waals surface area contributed by atoms with Crippen molar-refractivity contribution in [2.45, 2.75) is 26.3 Å². The van der Waals surface area contributed by atoms with Crippen LogP contribution in [-0.2, 0) is 0 Å². The van der Waals surface area contributed by atoms with E-state index in [1.807, 2.05) is 0 Å². The third-order valence-electron chi connectivity index (χ3n) is 3.35. The van der Waals surface area contributed by atoms with Gasteiger partial charge in [-0.1, -0.05) is 18.6 Å². The van der Waals surface area contributed by atoms with E-state index in [1.165, 1.54) is 10.9 Å². The van der Waals surface area contributed by atoms with Crippen molar-refractivity contribution in [3.05, 3.63) is 35.6 Å². The molecular weight excluding hydrogens is 236 g/mol. The van der Waals surface area contributed by atoms with Crippen LogP contribution in [0.25, 0.3) is 11.0 Å². The Bertz CT molecular complexity index is 531. The predicted octanol–water partition coefficient (Wildman–Crippen LogP) is 3.34. The fourth-order valence-corrected chi connectivity index (χ4v) is 2.33. The van der Waals surface area contributed by atoms with Crippen molar-refractivity contribution in [2.75, 3.05) is 27.2 Å². The van der Waals surface area contributed by atoms with Gasteiger partial charge in [0.1, 0.15) is 11.3 Å². The lowest BCUT2D eigenvalue weighted by Crippen LogP contribution is -2.25. The number of rotatable bonds is 6. The number of furan rings is 1. The fraction of sp³-hybridized carbons (Fsp3) is 0.500. The third-order valence-corrected chi connectivity index (χ3v) is 3.35. The van der Waals surface area contributed by atoms with Gasteiger partial charge >= 0.3 is 0 Å². The van der Waals surface area contributed by atoms with E-state index in [1.54, 1.807) is 0 Å². The van der Waals surface area contributed by atoms with Crippen LogP contribution in [0.5, 0.6) is 0 Å². The van der Waals surface area contributed by atoms with Crippen LogP contribution in [0.15, 0.2) is 28.7 Å². The van der Waals surface area contributed by atoms with Crippen molar-refractivity contribution in [2.24, 2.45) is 0 Å². The normalized spacial score (nSPS) is 13.3. The fourth-order valence-electron chi connectivity index (χ4n) is 2.33. The molecule has 2 rings (SSSR count). The lowest BCUT2D eigenvalue weighted by Gasteiger charge is -2.18. The zero-order valence-corrected chi connectivity index (χ0v) is 12.4. The number of hydrogen-bond acceptors (Lipinski definition) is 3. The summed E-state index contributed by atoms with van der Waals surface area (Å²) in [6.45, 7) is 6.25. The van der Waals surface area contributed by atoms with Gasteiger partial charge in [-0.3, -0.25) is 0 Å². The van der Waals surface area contributed by atoms with E-state index < -0.39 is 0 Å². The van der Waals surface area contributed by atoms with Gasteiger partial charge in [0, 0.05) is 5.39 Å². The largest absolute Gasteiger partial charge is 0.459 e. The van der Waals surface area contributed by atoms with E-state index in [0.717, 1.165) is 30.9 Å². The lowest BCUT2D eigenvalue weighted by molar-refractivity contribution is 0.340. The van der Waals surface area contributed by atoms with Crippen LogP contribution in [-0.4, -0.2) is 32.1 Å². The van der Waals surface area contributed by atoms with E-state index >= 15 is 0 Å². The second-order valence-electron chi connectivity index (χ2n) is 5.39. The highest BCUT2D eigenvalue weighted by Gasteiger charge is 2.15. The summed E-state index contributed by atoms with van der Waals surface area (Å²) in [5.74, 6) is 1.05. The number of hydrogen-bond donors (Lipinski definition) is 1. The molecule has 0 saturated heterocycles. The van der Waals surface area contributed by atoms with Crippen molar-refractivity contribution in [3.63, 3.8) is 0 Å². The van der Waals surface area contributed by atoms with Gasteiger partial charge in [-0.25, -0.2) is 0 Å². The molecule has 1 unspecified atom stereocenters. The molecule has 1 aromatic heterocycles. The van der Waals surface area contributed by atoms with Gasteiger partial charge < -0.3 is 14.6 Å². The Labute approximate surface area is 115 Å². The van der Waals surface area contributed by atoms with Crippen molar-refractivity contribution in [1.29, 1.82) is 0 Å². The van der Waals surface area contributed by atoms with E-state index in [0.29, 0.717) is 6.04 Å². The Hall–Kier alpha value is -1.32. The first-order chi connectivity index (χ1) is 9.10. The van der Waals surface area contributed by atoms with E-state index in [-0.39, 0.29) is 0 Å². The summed E-state index contributed by atoms with van der Waals surface area (Å²) in [6.07, 6.45) is 1.06. The van der Waals surface area contributed by atoms with Crippen LogP contribution < -0.4 is 5.32 Å². The van der Waals surface area contributed by atoms with Crippen molar-refractivity contribution < 1.29 is 4.42 Å². The molecule has 0 bridgehead atoms. The number of benzene rings is 1. The average Bonchev–Trinajstić information content (AvgIpc) is 2.76. The second kappa shape index (κ2) is 6.22. The number of nitrogens with zero attached hydrogens (tertiary/aromatic N) is 1. The molecule has 3 heteroatoms. The zero-order valence-electron chi connectivity index (χ0n) is 12.4. The molecule has 0 spiro atoms. The van der Waals surface area contributed by atoms with Gasteiger partial charge in [0.25, 0.3) is 0 Å². The molecule has 1 N–H and O–H groups in total. The van der Waals surface area contributed by atoms with Gasteiger partial charge in [-0.2, -0.15) is 0 Å². The first-order valence-corrected chi connectivity index (χ1v) is 6.98. The molecule has 1 atom stereocenters. The molecule has 0 amide bonds. The van der Waals surface area contributed by atoms with Crippen LogP contribution in [0.3, 0.4) is 0 Å². The van der Waals surface area contributed by atoms with Gasteiger partial charge in [-0.15, -0.1) is 0 Å². The van der Waals surface area contributed by atoms with Crippen LogP contribution >= 0.6 is 0 Å². The zero-order chi connectivity index (χ0) is 13.8. The molecule has 3 nitrogen and oxygen atoms in total. The Morgan fingerprint density at radius 1 is 1.26 bits per heavy atom. The standard InChI is InChI=1S/C16H24N2O/c1-5-17-14(8-9-18(3)4)16-11-13-10-12(2)6-7-15(13)19-16/h6-7,10-11,14,17H,5,8-9H2,1-4H3. The highest BCUT2D eigenvalue weighted by Crippen LogP contribution is 2.26. The van der Waals surface area contributed by atoms with Gasteiger partial charge in [0.15, 0.2) is 0 Å². The Morgan fingerprint density at radius 3 is 2.74 bits per heavy atom. The minimum absolute atomic E-state index is 0.292. The van der Waals surface area contributed by atoms with Gasteiger partial charge in [0.05, 0.1) is 6.04 Å². The van der Waals surface area contributed by atoms with E-state index in [9.17, 15) is 0 Å². The second-order valence-corrected chi connectivity index (χ2v) is 5.39. The van der Waals surface area contributed by atoms with Crippen LogP contribution in [0.4, 0.5) is 0 Å². The highest BCUT2D eigenvalue weighted by atomic mass is 16.3. The maximum Gasteiger partial charge on any atom is 0.134 e. The number of nitrogens with one attached hydrogen (secondary N) is 1. The summed E-state index contributed by atoms with van der Waals surface area (Å²) in [4.78, 5) is 2.21. The molecule has 1 aromatic carbocycles. The van der Waals surface area contributed by atoms with Gasteiger partial charge in [0.2, 0.25) is 0 Å². The summed E-state index contributed by atoms with van der Waals surface area (Å²) in [7, 11) is 4.20. The molecule has 2 aromatic rings. The highest BCUT2D eigenvalue weighted by molar-refractivity contribution is 5.78. The summed E-state index contributed by atoms with van der Waals surface area (Å²) in [5, 5.41) is 4.71. The van der Waals surface area contributed by atoms with Crippen molar-refractivity contribution in [1.82, 2.24) is 10.2 Å². The van der Waals surface area contributed by atoms with Gasteiger partial charge in [-0.05, 0) is 58.7 Å². The lowest BCUT2D eigenvalue weighted by atomic mass is 10.1. The monoisotopic (exact) mass is 260 g/mol. The summed E-state index contributed by atoms with van der Waals surface area (Å²) >= 11 is 0. The van der Waals surface area contributed by atoms with Crippen molar-refractivity contribution in [3.8, 4) is 0 Å². The molecule has 1 heterocycles. The topological polar surface area (TPSA) is 28.4 Å². The number of aryl methyl sites for hydroxylation is 1. The van der Waals surface area contributed by atoms with E-state index in [2.05, 4.69) is 62.4 Å². The molecule has 19 heavy (non-hydrogen) atoms. The average molecular weight is 260 g/mol.